The molecule has 1 aromatic rings. The van der Waals surface area contributed by atoms with E-state index in [1.807, 2.05) is 24.3 Å². The van der Waals surface area contributed by atoms with Crippen molar-refractivity contribution in [2.45, 2.75) is 12.5 Å². The van der Waals surface area contributed by atoms with Gasteiger partial charge in [-0.15, -0.1) is 0 Å². The van der Waals surface area contributed by atoms with Crippen LogP contribution >= 0.6 is 15.9 Å². The average Bonchev–Trinajstić information content (AvgIpc) is 2.29. The largest absolute Gasteiger partial charge is 0.385 e. The molecule has 0 spiro atoms. The summed E-state index contributed by atoms with van der Waals surface area (Å²) < 4.78 is 5.94. The Morgan fingerprint density at radius 1 is 1.56 bits per heavy atom. The Morgan fingerprint density at radius 3 is 3.00 bits per heavy atom. The van der Waals surface area contributed by atoms with Gasteiger partial charge in [0, 0.05) is 18.2 Å². The smallest absolute Gasteiger partial charge is 0.121 e. The molecule has 0 fully saturated rings. The molecule has 0 aliphatic carbocycles. The van der Waals surface area contributed by atoms with Crippen LogP contribution in [0.5, 0.6) is 0 Å². The summed E-state index contributed by atoms with van der Waals surface area (Å²) in [5, 5.41) is 12.3. The molecule has 0 aliphatic rings. The van der Waals surface area contributed by atoms with Crippen molar-refractivity contribution in [2.75, 3.05) is 20.3 Å². The van der Waals surface area contributed by atoms with E-state index < -0.39 is 0 Å². The van der Waals surface area contributed by atoms with Crippen molar-refractivity contribution in [2.24, 2.45) is 0 Å². The van der Waals surface area contributed by atoms with Crippen molar-refractivity contribution >= 4 is 15.9 Å². The first-order valence-electron chi connectivity index (χ1n) is 5.15. The third kappa shape index (κ3) is 4.31. The SMILES string of the molecule is COCCCNC(C#N)c1cccc(Br)c1. The Morgan fingerprint density at radius 2 is 2.38 bits per heavy atom. The lowest BCUT2D eigenvalue weighted by Crippen LogP contribution is -2.22. The van der Waals surface area contributed by atoms with Gasteiger partial charge >= 0.3 is 0 Å². The minimum Gasteiger partial charge on any atom is -0.385 e. The topological polar surface area (TPSA) is 45.0 Å². The molecule has 1 atom stereocenters. The van der Waals surface area contributed by atoms with Crippen molar-refractivity contribution < 1.29 is 4.74 Å². The minimum atomic E-state index is -0.255. The van der Waals surface area contributed by atoms with E-state index in [1.54, 1.807) is 7.11 Å². The van der Waals surface area contributed by atoms with Gasteiger partial charge in [-0.25, -0.2) is 0 Å². The van der Waals surface area contributed by atoms with Crippen LogP contribution < -0.4 is 5.32 Å². The lowest BCUT2D eigenvalue weighted by Gasteiger charge is -2.11. The first kappa shape index (κ1) is 13.2. The van der Waals surface area contributed by atoms with Crippen molar-refractivity contribution in [1.29, 1.82) is 5.26 Å². The number of hydrogen-bond acceptors (Lipinski definition) is 3. The zero-order chi connectivity index (χ0) is 11.8. The van der Waals surface area contributed by atoms with E-state index >= 15 is 0 Å². The third-order valence-electron chi connectivity index (χ3n) is 2.18. The summed E-state index contributed by atoms with van der Waals surface area (Å²) in [5.74, 6) is 0. The van der Waals surface area contributed by atoms with Gasteiger partial charge in [0.25, 0.3) is 0 Å². The fourth-order valence-electron chi connectivity index (χ4n) is 1.39. The predicted octanol–water partition coefficient (Wildman–Crippen LogP) is 2.64. The van der Waals surface area contributed by atoms with Gasteiger partial charge in [-0.2, -0.15) is 5.26 Å². The van der Waals surface area contributed by atoms with Crippen LogP contribution in [0.4, 0.5) is 0 Å². The van der Waals surface area contributed by atoms with Gasteiger partial charge in [-0.05, 0) is 30.7 Å². The Balaban J connectivity index is 2.51. The number of nitriles is 1. The average molecular weight is 283 g/mol. The summed E-state index contributed by atoms with van der Waals surface area (Å²) in [5.41, 5.74) is 0.981. The van der Waals surface area contributed by atoms with Gasteiger partial charge < -0.3 is 4.74 Å². The summed E-state index contributed by atoms with van der Waals surface area (Å²) in [4.78, 5) is 0. The van der Waals surface area contributed by atoms with E-state index in [0.29, 0.717) is 6.61 Å². The Labute approximate surface area is 105 Å². The predicted molar refractivity (Wildman–Crippen MR) is 67.0 cm³/mol. The second kappa shape index (κ2) is 7.39. The molecule has 0 saturated heterocycles. The molecule has 86 valence electrons. The fourth-order valence-corrected chi connectivity index (χ4v) is 1.80. The first-order chi connectivity index (χ1) is 7.77. The maximum absolute atomic E-state index is 9.07. The van der Waals surface area contributed by atoms with Crippen LogP contribution in [0.25, 0.3) is 0 Å². The van der Waals surface area contributed by atoms with Gasteiger partial charge in [-0.1, -0.05) is 28.1 Å². The Hall–Kier alpha value is -0.890. The summed E-state index contributed by atoms with van der Waals surface area (Å²) in [6.07, 6.45) is 0.905. The molecule has 0 amide bonds. The summed E-state index contributed by atoms with van der Waals surface area (Å²) in [6, 6.07) is 9.77. The Kier molecular flexibility index (Phi) is 6.09. The number of nitrogens with one attached hydrogen (secondary N) is 1. The molecule has 0 radical (unpaired) electrons. The van der Waals surface area contributed by atoms with Crippen molar-refractivity contribution in [3.63, 3.8) is 0 Å². The van der Waals surface area contributed by atoms with Crippen LogP contribution in [0.3, 0.4) is 0 Å². The second-order valence-corrected chi connectivity index (χ2v) is 4.33. The zero-order valence-corrected chi connectivity index (χ0v) is 10.8. The first-order valence-corrected chi connectivity index (χ1v) is 5.94. The Bertz CT molecular complexity index is 362. The normalized spacial score (nSPS) is 12.1. The number of benzene rings is 1. The zero-order valence-electron chi connectivity index (χ0n) is 9.24. The molecule has 0 heterocycles. The lowest BCUT2D eigenvalue weighted by molar-refractivity contribution is 0.194. The van der Waals surface area contributed by atoms with Crippen molar-refractivity contribution in [3.05, 3.63) is 34.3 Å². The molecule has 16 heavy (non-hydrogen) atoms. The molecule has 1 rings (SSSR count). The molecule has 3 nitrogen and oxygen atoms in total. The molecule has 0 saturated carbocycles. The van der Waals surface area contributed by atoms with Crippen LogP contribution in [0.2, 0.25) is 0 Å². The molecule has 0 aromatic heterocycles. The van der Waals surface area contributed by atoms with Gasteiger partial charge in [-0.3, -0.25) is 5.32 Å². The third-order valence-corrected chi connectivity index (χ3v) is 2.68. The van der Waals surface area contributed by atoms with Gasteiger partial charge in [0.15, 0.2) is 0 Å². The number of halogens is 1. The van der Waals surface area contributed by atoms with E-state index in [-0.39, 0.29) is 6.04 Å². The van der Waals surface area contributed by atoms with Crippen LogP contribution in [0.15, 0.2) is 28.7 Å². The molecule has 0 bridgehead atoms. The summed E-state index contributed by atoms with van der Waals surface area (Å²) in [6.45, 7) is 1.49. The lowest BCUT2D eigenvalue weighted by atomic mass is 10.1. The highest BCUT2D eigenvalue weighted by Crippen LogP contribution is 2.17. The van der Waals surface area contributed by atoms with Gasteiger partial charge in [0.2, 0.25) is 0 Å². The van der Waals surface area contributed by atoms with E-state index in [9.17, 15) is 0 Å². The van der Waals surface area contributed by atoms with Crippen molar-refractivity contribution in [3.8, 4) is 6.07 Å². The van der Waals surface area contributed by atoms with E-state index in [2.05, 4.69) is 27.3 Å². The van der Waals surface area contributed by atoms with E-state index in [4.69, 9.17) is 10.00 Å². The standard InChI is InChI=1S/C12H15BrN2O/c1-16-7-3-6-15-12(9-14)10-4-2-5-11(13)8-10/h2,4-5,8,12,15H,3,6-7H2,1H3. The quantitative estimate of drug-likeness (QED) is 0.816. The molecule has 0 aliphatic heterocycles. The number of methoxy groups -OCH3 is 1. The van der Waals surface area contributed by atoms with Gasteiger partial charge in [0.1, 0.15) is 6.04 Å². The fraction of sp³-hybridized carbons (Fsp3) is 0.417. The maximum atomic E-state index is 9.07. The number of hydrogen-bond donors (Lipinski definition) is 1. The number of rotatable bonds is 6. The highest BCUT2D eigenvalue weighted by atomic mass is 79.9. The van der Waals surface area contributed by atoms with Crippen LogP contribution in [-0.2, 0) is 4.74 Å². The highest BCUT2D eigenvalue weighted by Gasteiger charge is 2.08. The molecular formula is C12H15BrN2O. The van der Waals surface area contributed by atoms with E-state index in [0.717, 1.165) is 23.0 Å². The summed E-state index contributed by atoms with van der Waals surface area (Å²) in [7, 11) is 1.68. The number of nitrogens with zero attached hydrogens (tertiary/aromatic N) is 1. The van der Waals surface area contributed by atoms with Crippen LogP contribution in [-0.4, -0.2) is 20.3 Å². The molecule has 1 aromatic carbocycles. The molecule has 1 N–H and O–H groups in total. The molecule has 4 heteroatoms. The van der Waals surface area contributed by atoms with E-state index in [1.165, 1.54) is 0 Å². The minimum absolute atomic E-state index is 0.255. The van der Waals surface area contributed by atoms with Gasteiger partial charge in [0.05, 0.1) is 6.07 Å². The second-order valence-electron chi connectivity index (χ2n) is 3.42. The summed E-state index contributed by atoms with van der Waals surface area (Å²) >= 11 is 3.40. The van der Waals surface area contributed by atoms with Crippen LogP contribution in [0.1, 0.15) is 18.0 Å². The molecule has 1 unspecified atom stereocenters. The maximum Gasteiger partial charge on any atom is 0.121 e. The monoisotopic (exact) mass is 282 g/mol. The number of ether oxygens (including phenoxy) is 1. The highest BCUT2D eigenvalue weighted by molar-refractivity contribution is 9.10. The molecular weight excluding hydrogens is 268 g/mol. The van der Waals surface area contributed by atoms with Crippen molar-refractivity contribution in [1.82, 2.24) is 5.32 Å². The van der Waals surface area contributed by atoms with Crippen LogP contribution in [0, 0.1) is 11.3 Å².